The molecule has 5 heteroatoms. The number of ketones is 1. The lowest BCUT2D eigenvalue weighted by Crippen LogP contribution is -2.44. The van der Waals surface area contributed by atoms with E-state index in [2.05, 4.69) is 5.32 Å². The molecule has 0 aromatic heterocycles. The van der Waals surface area contributed by atoms with Gasteiger partial charge in [-0.05, 0) is 30.9 Å². The molecule has 0 radical (unpaired) electrons. The number of nitrogens with one attached hydrogen (secondary N) is 1. The van der Waals surface area contributed by atoms with Crippen molar-refractivity contribution < 1.29 is 14.3 Å². The Kier molecular flexibility index (Phi) is 5.14. The number of para-hydroxylation sites is 1. The van der Waals surface area contributed by atoms with Crippen molar-refractivity contribution in [2.24, 2.45) is 11.8 Å². The van der Waals surface area contributed by atoms with Gasteiger partial charge in [0.15, 0.2) is 11.7 Å². The summed E-state index contributed by atoms with van der Waals surface area (Å²) < 4.78 is 5.62. The summed E-state index contributed by atoms with van der Waals surface area (Å²) in [5, 5.41) is 12.2. The van der Waals surface area contributed by atoms with Gasteiger partial charge in [-0.25, -0.2) is 0 Å². The van der Waals surface area contributed by atoms with Crippen molar-refractivity contribution in [3.63, 3.8) is 0 Å². The highest BCUT2D eigenvalue weighted by atomic mass is 16.5. The Morgan fingerprint density at radius 2 is 1.96 bits per heavy atom. The van der Waals surface area contributed by atoms with Crippen LogP contribution in [0.4, 0.5) is 0 Å². The maximum Gasteiger partial charge on any atom is 0.245 e. The van der Waals surface area contributed by atoms with E-state index in [1.54, 1.807) is 0 Å². The molecule has 0 saturated heterocycles. The quantitative estimate of drug-likeness (QED) is 0.862. The third-order valence-electron chi connectivity index (χ3n) is 4.91. The average Bonchev–Trinajstić information content (AvgIpc) is 2.62. The summed E-state index contributed by atoms with van der Waals surface area (Å²) in [4.78, 5) is 25.0. The van der Waals surface area contributed by atoms with E-state index < -0.39 is 17.7 Å². The molecule has 0 spiro atoms. The number of ether oxygens (including phenoxy) is 1. The van der Waals surface area contributed by atoms with Crippen LogP contribution in [0.25, 0.3) is 0 Å². The number of rotatable bonds is 4. The summed E-state index contributed by atoms with van der Waals surface area (Å²) in [6.45, 7) is 0.227. The Morgan fingerprint density at radius 3 is 2.71 bits per heavy atom. The van der Waals surface area contributed by atoms with Crippen molar-refractivity contribution >= 4 is 11.7 Å². The van der Waals surface area contributed by atoms with Crippen molar-refractivity contribution in [3.8, 4) is 11.8 Å². The number of amides is 1. The predicted octanol–water partition coefficient (Wildman–Crippen LogP) is 2.40. The van der Waals surface area contributed by atoms with Crippen molar-refractivity contribution in [2.45, 2.75) is 44.6 Å². The Morgan fingerprint density at radius 1 is 1.21 bits per heavy atom. The molecule has 1 aromatic rings. The lowest BCUT2D eigenvalue weighted by Gasteiger charge is -2.27. The summed E-state index contributed by atoms with van der Waals surface area (Å²) in [6, 6.07) is 9.56. The molecule has 3 rings (SSSR count). The monoisotopic (exact) mass is 326 g/mol. The number of hydrogen-bond acceptors (Lipinski definition) is 4. The zero-order valence-corrected chi connectivity index (χ0v) is 13.7. The van der Waals surface area contributed by atoms with Gasteiger partial charge in [0, 0.05) is 6.04 Å². The van der Waals surface area contributed by atoms with Gasteiger partial charge < -0.3 is 10.1 Å². The van der Waals surface area contributed by atoms with Gasteiger partial charge in [-0.1, -0.05) is 37.5 Å². The lowest BCUT2D eigenvalue weighted by atomic mass is 9.86. The van der Waals surface area contributed by atoms with Crippen LogP contribution in [0.15, 0.2) is 24.3 Å². The number of hydrogen-bond donors (Lipinski definition) is 1. The molecule has 126 valence electrons. The number of Topliss-reactive ketones (excluding diaryl/α,β-unsaturated/α-hetero) is 1. The molecule has 1 saturated carbocycles. The van der Waals surface area contributed by atoms with E-state index in [4.69, 9.17) is 4.74 Å². The van der Waals surface area contributed by atoms with E-state index in [1.165, 1.54) is 6.42 Å². The van der Waals surface area contributed by atoms with Crippen LogP contribution in [0.5, 0.6) is 5.75 Å². The minimum atomic E-state index is -1.24. The fourth-order valence-corrected chi connectivity index (χ4v) is 3.53. The topological polar surface area (TPSA) is 79.2 Å². The molecule has 1 amide bonds. The Hall–Kier alpha value is -2.35. The highest BCUT2D eigenvalue weighted by Crippen LogP contribution is 2.28. The second-order valence-electron chi connectivity index (χ2n) is 6.63. The van der Waals surface area contributed by atoms with Crippen LogP contribution in [0.1, 0.15) is 37.7 Å². The standard InChI is InChI=1S/C19H22N2O3/c20-11-16(19(23)21-15-7-2-1-3-8-15)18(22)14-10-13-6-4-5-9-17(13)24-12-14/h4-6,9,14-16H,1-3,7-8,10,12H2,(H,21,23). The SMILES string of the molecule is N#CC(C(=O)NC1CCCCC1)C(=O)C1COc2ccccc2C1. The van der Waals surface area contributed by atoms with E-state index in [0.29, 0.717) is 6.42 Å². The predicted molar refractivity (Wildman–Crippen MR) is 88.3 cm³/mol. The van der Waals surface area contributed by atoms with Gasteiger partial charge in [0.25, 0.3) is 0 Å². The van der Waals surface area contributed by atoms with Crippen LogP contribution in [-0.4, -0.2) is 24.3 Å². The normalized spacial score (nSPS) is 21.7. The third-order valence-corrected chi connectivity index (χ3v) is 4.91. The molecule has 2 atom stereocenters. The van der Waals surface area contributed by atoms with Crippen LogP contribution < -0.4 is 10.1 Å². The molecule has 0 bridgehead atoms. The summed E-state index contributed by atoms with van der Waals surface area (Å²) in [5.74, 6) is -1.69. The zero-order chi connectivity index (χ0) is 16.9. The second-order valence-corrected chi connectivity index (χ2v) is 6.63. The molecule has 2 aliphatic rings. The average molecular weight is 326 g/mol. The molecule has 1 N–H and O–H groups in total. The molecule has 1 aliphatic heterocycles. The molecular weight excluding hydrogens is 304 g/mol. The lowest BCUT2D eigenvalue weighted by molar-refractivity contribution is -0.135. The van der Waals surface area contributed by atoms with Crippen molar-refractivity contribution in [3.05, 3.63) is 29.8 Å². The summed E-state index contributed by atoms with van der Waals surface area (Å²) in [7, 11) is 0. The maximum absolute atomic E-state index is 12.7. The van der Waals surface area contributed by atoms with E-state index in [-0.39, 0.29) is 18.4 Å². The third kappa shape index (κ3) is 3.59. The van der Waals surface area contributed by atoms with Crippen LogP contribution in [0, 0.1) is 23.2 Å². The molecule has 2 unspecified atom stereocenters. The number of carbonyl (C=O) groups is 2. The largest absolute Gasteiger partial charge is 0.493 e. The van der Waals surface area contributed by atoms with Crippen molar-refractivity contribution in [1.29, 1.82) is 5.26 Å². The number of nitrogens with zero attached hydrogens (tertiary/aromatic N) is 1. The molecular formula is C19H22N2O3. The molecule has 1 aromatic carbocycles. The Balaban J connectivity index is 1.64. The van der Waals surface area contributed by atoms with E-state index in [1.807, 2.05) is 30.3 Å². The van der Waals surface area contributed by atoms with Gasteiger partial charge in [-0.15, -0.1) is 0 Å². The minimum Gasteiger partial charge on any atom is -0.493 e. The first-order chi connectivity index (χ1) is 11.7. The van der Waals surface area contributed by atoms with Gasteiger partial charge >= 0.3 is 0 Å². The molecule has 5 nitrogen and oxygen atoms in total. The first kappa shape index (κ1) is 16.5. The number of nitriles is 1. The van der Waals surface area contributed by atoms with E-state index in [0.717, 1.165) is 37.0 Å². The van der Waals surface area contributed by atoms with Crippen LogP contribution >= 0.6 is 0 Å². The zero-order valence-electron chi connectivity index (χ0n) is 13.7. The first-order valence-electron chi connectivity index (χ1n) is 8.63. The molecule has 24 heavy (non-hydrogen) atoms. The van der Waals surface area contributed by atoms with Gasteiger partial charge in [0.2, 0.25) is 5.91 Å². The molecule has 1 fully saturated rings. The van der Waals surface area contributed by atoms with Crippen LogP contribution in [-0.2, 0) is 16.0 Å². The number of carbonyl (C=O) groups excluding carboxylic acids is 2. The Labute approximate surface area is 142 Å². The van der Waals surface area contributed by atoms with E-state index in [9.17, 15) is 14.9 Å². The highest BCUT2D eigenvalue weighted by molar-refractivity contribution is 6.05. The minimum absolute atomic E-state index is 0.0956. The van der Waals surface area contributed by atoms with Gasteiger partial charge in [0.1, 0.15) is 5.75 Å². The number of fused-ring (bicyclic) bond motifs is 1. The van der Waals surface area contributed by atoms with Crippen molar-refractivity contribution in [2.75, 3.05) is 6.61 Å². The van der Waals surface area contributed by atoms with E-state index >= 15 is 0 Å². The van der Waals surface area contributed by atoms with Gasteiger partial charge in [-0.2, -0.15) is 5.26 Å². The summed E-state index contributed by atoms with van der Waals surface area (Å²) in [6.07, 6.45) is 5.73. The van der Waals surface area contributed by atoms with Crippen LogP contribution in [0.2, 0.25) is 0 Å². The second kappa shape index (κ2) is 7.48. The fraction of sp³-hybridized carbons (Fsp3) is 0.526. The van der Waals surface area contributed by atoms with Crippen molar-refractivity contribution in [1.82, 2.24) is 5.32 Å². The van der Waals surface area contributed by atoms with Crippen LogP contribution in [0.3, 0.4) is 0 Å². The molecule has 1 heterocycles. The summed E-state index contributed by atoms with van der Waals surface area (Å²) in [5.41, 5.74) is 0.950. The Bertz CT molecular complexity index is 659. The molecule has 1 aliphatic carbocycles. The summed E-state index contributed by atoms with van der Waals surface area (Å²) >= 11 is 0. The first-order valence-corrected chi connectivity index (χ1v) is 8.63. The fourth-order valence-electron chi connectivity index (χ4n) is 3.53. The van der Waals surface area contributed by atoms with Gasteiger partial charge in [0.05, 0.1) is 18.6 Å². The highest BCUT2D eigenvalue weighted by Gasteiger charge is 2.36. The smallest absolute Gasteiger partial charge is 0.245 e. The number of benzene rings is 1. The maximum atomic E-state index is 12.7. The van der Waals surface area contributed by atoms with Gasteiger partial charge in [-0.3, -0.25) is 9.59 Å².